The molecule has 1 rings (SSSR count). The first-order valence-electron chi connectivity index (χ1n) is 5.03. The number of sulfone groups is 1. The predicted octanol–water partition coefficient (Wildman–Crippen LogP) is 1.38. The summed E-state index contributed by atoms with van der Waals surface area (Å²) in [7, 11) is -6.92. The smallest absolute Gasteiger partial charge is 0.233 e. The van der Waals surface area contributed by atoms with Crippen LogP contribution in [0.4, 0.5) is 5.69 Å². The Hall–Kier alpha value is -0.790. The molecule has 1 aromatic rings. The van der Waals surface area contributed by atoms with Crippen molar-refractivity contribution in [1.82, 2.24) is 0 Å². The zero-order valence-electron chi connectivity index (χ0n) is 9.97. The Bertz CT molecular complexity index is 638. The first kappa shape index (κ1) is 15.3. The van der Waals surface area contributed by atoms with E-state index in [9.17, 15) is 16.8 Å². The maximum absolute atomic E-state index is 11.6. The van der Waals surface area contributed by atoms with Gasteiger partial charge in [-0.2, -0.15) is 0 Å². The molecule has 0 saturated carbocycles. The molecule has 0 amide bonds. The van der Waals surface area contributed by atoms with Crippen LogP contribution in [0, 0.1) is 6.92 Å². The minimum Gasteiger partial charge on any atom is -0.283 e. The summed E-state index contributed by atoms with van der Waals surface area (Å²) in [5, 5.41) is 0. The lowest BCUT2D eigenvalue weighted by Gasteiger charge is -2.11. The molecule has 0 bridgehead atoms. The lowest BCUT2D eigenvalue weighted by Crippen LogP contribution is -2.18. The van der Waals surface area contributed by atoms with E-state index in [0.29, 0.717) is 5.56 Å². The van der Waals surface area contributed by atoms with Crippen LogP contribution >= 0.6 is 11.6 Å². The summed E-state index contributed by atoms with van der Waals surface area (Å²) in [6.45, 7) is 1.69. The van der Waals surface area contributed by atoms with Crippen molar-refractivity contribution >= 4 is 37.1 Å². The predicted molar refractivity (Wildman–Crippen MR) is 72.4 cm³/mol. The molecule has 0 aliphatic carbocycles. The number of rotatable bonds is 5. The van der Waals surface area contributed by atoms with Crippen molar-refractivity contribution in [3.63, 3.8) is 0 Å². The van der Waals surface area contributed by atoms with Gasteiger partial charge in [-0.15, -0.1) is 11.6 Å². The van der Waals surface area contributed by atoms with Crippen LogP contribution in [-0.4, -0.2) is 34.7 Å². The molecule has 102 valence electrons. The second kappa shape index (κ2) is 5.46. The molecule has 0 radical (unpaired) electrons. The number of hydrogen-bond donors (Lipinski definition) is 1. The molecule has 0 fully saturated rings. The fraction of sp³-hybridized carbons (Fsp3) is 0.400. The highest BCUT2D eigenvalue weighted by Gasteiger charge is 2.14. The molecule has 18 heavy (non-hydrogen) atoms. The van der Waals surface area contributed by atoms with E-state index in [2.05, 4.69) is 4.72 Å². The highest BCUT2D eigenvalue weighted by molar-refractivity contribution is 7.92. The van der Waals surface area contributed by atoms with E-state index in [0.717, 1.165) is 6.26 Å². The summed E-state index contributed by atoms with van der Waals surface area (Å²) < 4.78 is 48.2. The van der Waals surface area contributed by atoms with E-state index in [1.165, 1.54) is 12.1 Å². The molecule has 5 nitrogen and oxygen atoms in total. The van der Waals surface area contributed by atoms with E-state index in [-0.39, 0.29) is 22.2 Å². The van der Waals surface area contributed by atoms with Crippen LogP contribution in [0.25, 0.3) is 0 Å². The molecule has 0 atom stereocenters. The minimum absolute atomic E-state index is 0.0276. The van der Waals surface area contributed by atoms with Crippen LogP contribution in [-0.2, 0) is 19.9 Å². The van der Waals surface area contributed by atoms with Gasteiger partial charge in [0, 0.05) is 12.1 Å². The van der Waals surface area contributed by atoms with Gasteiger partial charge >= 0.3 is 0 Å². The number of halogens is 1. The van der Waals surface area contributed by atoms with Gasteiger partial charge in [-0.05, 0) is 24.6 Å². The molecule has 0 aliphatic rings. The largest absolute Gasteiger partial charge is 0.283 e. The average molecular weight is 312 g/mol. The highest BCUT2D eigenvalue weighted by atomic mass is 35.5. The number of aryl methyl sites for hydroxylation is 1. The molecule has 8 heteroatoms. The third-order valence-corrected chi connectivity index (χ3v) is 5.04. The normalized spacial score (nSPS) is 12.4. The van der Waals surface area contributed by atoms with Crippen molar-refractivity contribution in [2.24, 2.45) is 0 Å². The van der Waals surface area contributed by atoms with Gasteiger partial charge in [0.1, 0.15) is 0 Å². The number of anilines is 1. The van der Waals surface area contributed by atoms with E-state index < -0.39 is 19.9 Å². The fourth-order valence-corrected chi connectivity index (χ4v) is 3.38. The summed E-state index contributed by atoms with van der Waals surface area (Å²) in [6, 6.07) is 4.29. The van der Waals surface area contributed by atoms with Gasteiger partial charge in [-0.1, -0.05) is 6.07 Å². The van der Waals surface area contributed by atoms with Gasteiger partial charge in [-0.25, -0.2) is 16.8 Å². The Balaban J connectivity index is 3.18. The van der Waals surface area contributed by atoms with E-state index in [1.54, 1.807) is 13.0 Å². The van der Waals surface area contributed by atoms with Gasteiger partial charge in [0.2, 0.25) is 10.0 Å². The molecule has 0 spiro atoms. The summed E-state index contributed by atoms with van der Waals surface area (Å²) in [5.74, 6) is -0.253. The first-order chi connectivity index (χ1) is 8.15. The lowest BCUT2D eigenvalue weighted by atomic mass is 10.2. The van der Waals surface area contributed by atoms with Crippen molar-refractivity contribution in [2.75, 3.05) is 22.6 Å². The molecular weight excluding hydrogens is 298 g/mol. The Morgan fingerprint density at radius 3 is 2.33 bits per heavy atom. The molecule has 0 aromatic heterocycles. The molecule has 1 aromatic carbocycles. The van der Waals surface area contributed by atoms with Crippen LogP contribution < -0.4 is 4.72 Å². The molecular formula is C10H14ClNO4S2. The zero-order valence-corrected chi connectivity index (χ0v) is 12.4. The molecule has 0 unspecified atom stereocenters. The third-order valence-electron chi connectivity index (χ3n) is 2.25. The first-order valence-corrected chi connectivity index (χ1v) is 9.11. The van der Waals surface area contributed by atoms with Crippen LogP contribution in [0.2, 0.25) is 0 Å². The van der Waals surface area contributed by atoms with Gasteiger partial charge in [0.25, 0.3) is 0 Å². The van der Waals surface area contributed by atoms with Gasteiger partial charge in [-0.3, -0.25) is 4.72 Å². The number of hydrogen-bond acceptors (Lipinski definition) is 4. The third kappa shape index (κ3) is 4.15. The summed E-state index contributed by atoms with van der Waals surface area (Å²) in [4.78, 5) is 0.0664. The Morgan fingerprint density at radius 2 is 1.83 bits per heavy atom. The van der Waals surface area contributed by atoms with Crippen LogP contribution in [0.5, 0.6) is 0 Å². The maximum atomic E-state index is 11.6. The van der Waals surface area contributed by atoms with Gasteiger partial charge in [0.15, 0.2) is 9.84 Å². The molecule has 0 saturated heterocycles. The second-order valence-corrected chi connectivity index (χ2v) is 8.09. The number of sulfonamides is 1. The number of alkyl halides is 1. The molecule has 0 aliphatic heterocycles. The molecule has 1 N–H and O–H groups in total. The summed E-state index contributed by atoms with van der Waals surface area (Å²) in [5.41, 5.74) is 0.892. The highest BCUT2D eigenvalue weighted by Crippen LogP contribution is 2.21. The second-order valence-electron chi connectivity index (χ2n) is 3.86. The van der Waals surface area contributed by atoms with Crippen LogP contribution in [0.15, 0.2) is 23.1 Å². The SMILES string of the molecule is Cc1ccc(S(C)(=O)=O)cc1NS(=O)(=O)CCCl. The zero-order chi connectivity index (χ0) is 14.0. The van der Waals surface area contributed by atoms with Crippen LogP contribution in [0.1, 0.15) is 5.56 Å². The number of benzene rings is 1. The Morgan fingerprint density at radius 1 is 1.22 bits per heavy atom. The van der Waals surface area contributed by atoms with E-state index in [4.69, 9.17) is 11.6 Å². The van der Waals surface area contributed by atoms with Crippen molar-refractivity contribution in [1.29, 1.82) is 0 Å². The summed E-state index contributed by atoms with van der Waals surface area (Å²) in [6.07, 6.45) is 1.06. The monoisotopic (exact) mass is 311 g/mol. The van der Waals surface area contributed by atoms with Crippen molar-refractivity contribution in [2.45, 2.75) is 11.8 Å². The van der Waals surface area contributed by atoms with Crippen molar-refractivity contribution in [3.05, 3.63) is 23.8 Å². The van der Waals surface area contributed by atoms with Gasteiger partial charge in [0.05, 0.1) is 16.3 Å². The Kier molecular flexibility index (Phi) is 4.63. The minimum atomic E-state index is -3.55. The topological polar surface area (TPSA) is 80.3 Å². The summed E-state index contributed by atoms with van der Waals surface area (Å²) >= 11 is 5.38. The Labute approximate surface area is 112 Å². The number of nitrogens with one attached hydrogen (secondary N) is 1. The van der Waals surface area contributed by atoms with Gasteiger partial charge < -0.3 is 0 Å². The fourth-order valence-electron chi connectivity index (χ4n) is 1.26. The van der Waals surface area contributed by atoms with Crippen molar-refractivity contribution in [3.8, 4) is 0 Å². The average Bonchev–Trinajstić information content (AvgIpc) is 2.19. The van der Waals surface area contributed by atoms with Crippen LogP contribution in [0.3, 0.4) is 0 Å². The quantitative estimate of drug-likeness (QED) is 0.833. The lowest BCUT2D eigenvalue weighted by molar-refractivity contribution is 0.599. The van der Waals surface area contributed by atoms with Crippen molar-refractivity contribution < 1.29 is 16.8 Å². The maximum Gasteiger partial charge on any atom is 0.233 e. The molecule has 0 heterocycles. The van der Waals surface area contributed by atoms with E-state index in [1.807, 2.05) is 0 Å². The van der Waals surface area contributed by atoms with E-state index >= 15 is 0 Å². The standard InChI is InChI=1S/C10H14ClNO4S2/c1-8-3-4-9(17(2,13)14)7-10(8)12-18(15,16)6-5-11/h3-4,7,12H,5-6H2,1-2H3.